The number of ether oxygens (including phenoxy) is 1. The van der Waals surface area contributed by atoms with E-state index >= 15 is 0 Å². The quantitative estimate of drug-likeness (QED) is 0.408. The molecule has 2 aromatic rings. The van der Waals surface area contributed by atoms with Gasteiger partial charge in [-0.1, -0.05) is 27.7 Å². The molecule has 0 fully saturated rings. The smallest absolute Gasteiger partial charge is 0.341 e. The summed E-state index contributed by atoms with van der Waals surface area (Å²) in [7, 11) is 0. The van der Waals surface area contributed by atoms with E-state index in [0.717, 1.165) is 6.42 Å². The molecule has 152 valence electrons. The maximum Gasteiger partial charge on any atom is 0.341 e. The van der Waals surface area contributed by atoms with Crippen LogP contribution < -0.4 is 5.32 Å². The number of benzene rings is 2. The summed E-state index contributed by atoms with van der Waals surface area (Å²) in [6.07, 6.45) is 0.918. The first kappa shape index (κ1) is 21.4. The topological polar surface area (TPSA) is 99.0 Å². The van der Waals surface area contributed by atoms with Crippen molar-refractivity contribution >= 4 is 11.7 Å². The van der Waals surface area contributed by atoms with E-state index in [-0.39, 0.29) is 47.3 Å². The molecule has 6 heteroatoms. The van der Waals surface area contributed by atoms with E-state index in [1.165, 1.54) is 30.3 Å². The van der Waals surface area contributed by atoms with Crippen LogP contribution >= 0.6 is 0 Å². The largest absolute Gasteiger partial charge is 0.508 e. The number of phenols is 3. The number of rotatable bonds is 7. The fourth-order valence-corrected chi connectivity index (χ4v) is 3.12. The zero-order chi connectivity index (χ0) is 20.9. The highest BCUT2D eigenvalue weighted by Crippen LogP contribution is 2.27. The second-order valence-electron chi connectivity index (χ2n) is 8.37. The van der Waals surface area contributed by atoms with Gasteiger partial charge in [0, 0.05) is 17.8 Å². The minimum Gasteiger partial charge on any atom is -0.508 e. The fraction of sp³-hybridized carbons (Fsp3) is 0.409. The van der Waals surface area contributed by atoms with Crippen LogP contribution in [0.5, 0.6) is 17.2 Å². The summed E-state index contributed by atoms with van der Waals surface area (Å²) in [5.41, 5.74) is 1.31. The van der Waals surface area contributed by atoms with Gasteiger partial charge in [0.15, 0.2) is 0 Å². The van der Waals surface area contributed by atoms with Gasteiger partial charge in [0.25, 0.3) is 0 Å². The molecule has 0 saturated carbocycles. The average molecular weight is 387 g/mol. The minimum atomic E-state index is -0.581. The van der Waals surface area contributed by atoms with Crippen molar-refractivity contribution in [1.29, 1.82) is 0 Å². The molecule has 1 unspecified atom stereocenters. The molecule has 2 rings (SSSR count). The maximum atomic E-state index is 12.4. The van der Waals surface area contributed by atoms with Crippen molar-refractivity contribution in [2.24, 2.45) is 11.3 Å². The Morgan fingerprint density at radius 3 is 2.43 bits per heavy atom. The third-order valence-corrected chi connectivity index (χ3v) is 4.22. The third kappa shape index (κ3) is 6.37. The Bertz CT molecular complexity index is 826. The summed E-state index contributed by atoms with van der Waals surface area (Å²) in [4.78, 5) is 12.4. The molecule has 0 saturated heterocycles. The number of anilines is 1. The first-order valence-corrected chi connectivity index (χ1v) is 9.30. The number of carbonyl (C=O) groups is 1. The molecule has 0 amide bonds. The normalized spacial score (nSPS) is 12.4. The van der Waals surface area contributed by atoms with Gasteiger partial charge in [0.1, 0.15) is 22.8 Å². The molecule has 0 aliphatic carbocycles. The van der Waals surface area contributed by atoms with Gasteiger partial charge in [0.2, 0.25) is 0 Å². The van der Waals surface area contributed by atoms with Gasteiger partial charge in [-0.2, -0.15) is 0 Å². The van der Waals surface area contributed by atoms with Crippen LogP contribution in [-0.4, -0.2) is 27.9 Å². The number of hydrogen-bond donors (Lipinski definition) is 4. The molecular weight excluding hydrogens is 358 g/mol. The Kier molecular flexibility index (Phi) is 6.78. The monoisotopic (exact) mass is 387 g/mol. The number of esters is 1. The number of phenolic OH excluding ortho intramolecular Hbond substituents is 3. The Morgan fingerprint density at radius 1 is 1.07 bits per heavy atom. The van der Waals surface area contributed by atoms with Gasteiger partial charge in [-0.05, 0) is 54.2 Å². The second-order valence-corrected chi connectivity index (χ2v) is 8.37. The molecule has 0 aliphatic heterocycles. The van der Waals surface area contributed by atoms with Gasteiger partial charge in [-0.25, -0.2) is 4.79 Å². The number of hydrogen-bond acceptors (Lipinski definition) is 6. The molecular formula is C22H29NO5. The van der Waals surface area contributed by atoms with Crippen LogP contribution in [0.4, 0.5) is 5.69 Å². The van der Waals surface area contributed by atoms with E-state index in [2.05, 4.69) is 26.1 Å². The van der Waals surface area contributed by atoms with E-state index < -0.39 is 5.97 Å². The minimum absolute atomic E-state index is 0.0500. The molecule has 0 radical (unpaired) electrons. The Balaban J connectivity index is 2.02. The Labute approximate surface area is 165 Å². The van der Waals surface area contributed by atoms with Crippen LogP contribution in [0.15, 0.2) is 36.4 Å². The van der Waals surface area contributed by atoms with Crippen LogP contribution in [0.3, 0.4) is 0 Å². The lowest BCUT2D eigenvalue weighted by molar-refractivity contribution is 0.0417. The van der Waals surface area contributed by atoms with Crippen molar-refractivity contribution in [3.8, 4) is 17.2 Å². The predicted octanol–water partition coefficient (Wildman–Crippen LogP) is 4.64. The van der Waals surface area contributed by atoms with Crippen LogP contribution in [-0.2, 0) is 11.3 Å². The molecule has 4 N–H and O–H groups in total. The van der Waals surface area contributed by atoms with Crippen molar-refractivity contribution in [2.45, 2.75) is 40.7 Å². The van der Waals surface area contributed by atoms with Crippen LogP contribution in [0.1, 0.15) is 50.0 Å². The zero-order valence-electron chi connectivity index (χ0n) is 16.8. The Morgan fingerprint density at radius 2 is 1.75 bits per heavy atom. The molecule has 0 aromatic heterocycles. The summed E-state index contributed by atoms with van der Waals surface area (Å²) >= 11 is 0. The summed E-state index contributed by atoms with van der Waals surface area (Å²) in [6, 6.07) is 8.80. The van der Waals surface area contributed by atoms with Crippen molar-refractivity contribution in [3.05, 3.63) is 47.5 Å². The average Bonchev–Trinajstić information content (AvgIpc) is 2.60. The third-order valence-electron chi connectivity index (χ3n) is 4.22. The van der Waals surface area contributed by atoms with Crippen LogP contribution in [0.25, 0.3) is 0 Å². The summed E-state index contributed by atoms with van der Waals surface area (Å²) in [5.74, 6) is -0.423. The molecule has 28 heavy (non-hydrogen) atoms. The van der Waals surface area contributed by atoms with Gasteiger partial charge in [0.05, 0.1) is 6.61 Å². The first-order valence-electron chi connectivity index (χ1n) is 9.30. The highest BCUT2D eigenvalue weighted by Gasteiger charge is 2.19. The van der Waals surface area contributed by atoms with E-state index in [1.54, 1.807) is 6.07 Å². The molecule has 1 atom stereocenters. The van der Waals surface area contributed by atoms with Crippen molar-refractivity contribution in [3.63, 3.8) is 0 Å². The lowest BCUT2D eigenvalue weighted by atomic mass is 9.86. The maximum absolute atomic E-state index is 12.4. The van der Waals surface area contributed by atoms with Gasteiger partial charge < -0.3 is 25.4 Å². The molecule has 0 bridgehead atoms. The number of carbonyl (C=O) groups excluding carboxylic acids is 1. The highest BCUT2D eigenvalue weighted by molar-refractivity contribution is 5.93. The molecule has 6 nitrogen and oxygen atoms in total. The van der Waals surface area contributed by atoms with Crippen molar-refractivity contribution in [1.82, 2.24) is 0 Å². The fourth-order valence-electron chi connectivity index (χ4n) is 3.12. The summed E-state index contributed by atoms with van der Waals surface area (Å²) < 4.78 is 5.37. The van der Waals surface area contributed by atoms with Crippen molar-refractivity contribution in [2.75, 3.05) is 11.9 Å². The summed E-state index contributed by atoms with van der Waals surface area (Å²) in [5, 5.41) is 32.4. The molecule has 0 spiro atoms. The first-order chi connectivity index (χ1) is 13.0. The van der Waals surface area contributed by atoms with E-state index in [4.69, 9.17) is 4.74 Å². The molecule has 2 aromatic carbocycles. The van der Waals surface area contributed by atoms with E-state index in [0.29, 0.717) is 11.3 Å². The van der Waals surface area contributed by atoms with Crippen molar-refractivity contribution < 1.29 is 24.9 Å². The molecule has 0 aliphatic rings. The lowest BCUT2D eigenvalue weighted by Crippen LogP contribution is -2.18. The second kappa shape index (κ2) is 8.87. The van der Waals surface area contributed by atoms with Gasteiger partial charge in [-0.3, -0.25) is 0 Å². The highest BCUT2D eigenvalue weighted by atomic mass is 16.5. The summed E-state index contributed by atoms with van der Waals surface area (Å²) in [6.45, 7) is 8.95. The predicted molar refractivity (Wildman–Crippen MR) is 109 cm³/mol. The van der Waals surface area contributed by atoms with Crippen LogP contribution in [0.2, 0.25) is 0 Å². The zero-order valence-corrected chi connectivity index (χ0v) is 16.8. The number of aromatic hydroxyl groups is 3. The lowest BCUT2D eigenvalue weighted by Gasteiger charge is -2.23. The van der Waals surface area contributed by atoms with Gasteiger partial charge in [-0.15, -0.1) is 0 Å². The number of nitrogens with one attached hydrogen (secondary N) is 1. The van der Waals surface area contributed by atoms with E-state index in [9.17, 15) is 20.1 Å². The van der Waals surface area contributed by atoms with Gasteiger partial charge >= 0.3 is 5.97 Å². The SMILES string of the molecule is CC(COC(=O)c1cc(NCc2cc(O)ccc2O)ccc1O)CC(C)(C)C. The van der Waals surface area contributed by atoms with Crippen LogP contribution in [0, 0.1) is 11.3 Å². The standard InChI is InChI=1S/C22H29NO5/c1-14(11-22(2,3)4)13-28-21(27)18-10-16(5-7-20(18)26)23-12-15-9-17(24)6-8-19(15)25/h5-10,14,23-26H,11-13H2,1-4H3. The van der Waals surface area contributed by atoms with E-state index in [1.807, 2.05) is 6.92 Å². The molecule has 0 heterocycles. The Hall–Kier alpha value is -2.89.